The summed E-state index contributed by atoms with van der Waals surface area (Å²) >= 11 is 0. The first kappa shape index (κ1) is 23.8. The highest BCUT2D eigenvalue weighted by atomic mass is 16.5. The zero-order valence-corrected chi connectivity index (χ0v) is 23.0. The largest absolute Gasteiger partial charge is 0.456 e. The van der Waals surface area contributed by atoms with Gasteiger partial charge in [-0.25, -0.2) is 15.0 Å². The van der Waals surface area contributed by atoms with Crippen LogP contribution in [0.3, 0.4) is 0 Å². The molecular formula is C39H23N3O. The van der Waals surface area contributed by atoms with Crippen LogP contribution < -0.4 is 4.74 Å². The van der Waals surface area contributed by atoms with Crippen molar-refractivity contribution in [3.63, 3.8) is 0 Å². The molecule has 4 nitrogen and oxygen atoms in total. The summed E-state index contributed by atoms with van der Waals surface area (Å²) in [6.45, 7) is 0. The molecule has 0 bridgehead atoms. The fourth-order valence-corrected chi connectivity index (χ4v) is 6.28. The summed E-state index contributed by atoms with van der Waals surface area (Å²) in [4.78, 5) is 15.2. The van der Waals surface area contributed by atoms with Crippen molar-refractivity contribution in [3.05, 3.63) is 140 Å². The van der Waals surface area contributed by atoms with Crippen LogP contribution in [0.25, 0.3) is 77.6 Å². The van der Waals surface area contributed by atoms with Gasteiger partial charge in [0.15, 0.2) is 17.5 Å². The average Bonchev–Trinajstić information content (AvgIpc) is 3.08. The van der Waals surface area contributed by atoms with E-state index in [1.807, 2.05) is 42.5 Å². The standard InChI is InChI=1S/C39H23N3O/c1-2-10-25(11-3-1)37-40-38(27-20-21-31-32-18-8-13-24-14-9-19-34(36(24)32)43-35(31)23-27)42-39(41-37)33-22-26-12-4-5-15-28(26)29-16-6-7-17-30(29)33/h1-23H. The Morgan fingerprint density at radius 2 is 1.05 bits per heavy atom. The molecule has 4 heteroatoms. The second kappa shape index (κ2) is 9.33. The van der Waals surface area contributed by atoms with Crippen LogP contribution in [0.4, 0.5) is 0 Å². The number of nitrogens with zero attached hydrogens (tertiary/aromatic N) is 3. The van der Waals surface area contributed by atoms with E-state index in [0.717, 1.165) is 49.9 Å². The maximum Gasteiger partial charge on any atom is 0.164 e. The molecule has 1 aliphatic rings. The highest BCUT2D eigenvalue weighted by Gasteiger charge is 2.22. The van der Waals surface area contributed by atoms with E-state index in [2.05, 4.69) is 97.1 Å². The first-order valence-corrected chi connectivity index (χ1v) is 14.4. The van der Waals surface area contributed by atoms with E-state index >= 15 is 0 Å². The molecule has 0 N–H and O–H groups in total. The van der Waals surface area contributed by atoms with Crippen molar-refractivity contribution < 1.29 is 4.74 Å². The molecule has 0 saturated heterocycles. The highest BCUT2D eigenvalue weighted by molar-refractivity contribution is 6.13. The van der Waals surface area contributed by atoms with Gasteiger partial charge >= 0.3 is 0 Å². The summed E-state index contributed by atoms with van der Waals surface area (Å²) in [5.74, 6) is 3.53. The predicted octanol–water partition coefficient (Wildman–Crippen LogP) is 10.1. The van der Waals surface area contributed by atoms with Gasteiger partial charge in [0.1, 0.15) is 11.5 Å². The summed E-state index contributed by atoms with van der Waals surface area (Å²) in [5.41, 5.74) is 5.02. The third kappa shape index (κ3) is 3.81. The topological polar surface area (TPSA) is 47.9 Å². The zero-order chi connectivity index (χ0) is 28.3. The van der Waals surface area contributed by atoms with Gasteiger partial charge in [-0.2, -0.15) is 0 Å². The maximum atomic E-state index is 6.48. The molecule has 43 heavy (non-hydrogen) atoms. The summed E-state index contributed by atoms with van der Waals surface area (Å²) in [5, 5.41) is 6.95. The molecule has 9 rings (SSSR count). The number of benzene rings is 7. The number of ether oxygens (including phenoxy) is 1. The zero-order valence-electron chi connectivity index (χ0n) is 23.0. The molecule has 0 spiro atoms. The predicted molar refractivity (Wildman–Crippen MR) is 174 cm³/mol. The van der Waals surface area contributed by atoms with Gasteiger partial charge in [-0.15, -0.1) is 0 Å². The van der Waals surface area contributed by atoms with E-state index < -0.39 is 0 Å². The number of aromatic nitrogens is 3. The summed E-state index contributed by atoms with van der Waals surface area (Å²) in [6.07, 6.45) is 0. The fraction of sp³-hybridized carbons (Fsp3) is 0. The third-order valence-corrected chi connectivity index (χ3v) is 8.29. The van der Waals surface area contributed by atoms with Crippen LogP contribution in [-0.2, 0) is 0 Å². The van der Waals surface area contributed by atoms with E-state index in [1.165, 1.54) is 21.7 Å². The number of rotatable bonds is 3. The van der Waals surface area contributed by atoms with Crippen molar-refractivity contribution in [2.24, 2.45) is 0 Å². The van der Waals surface area contributed by atoms with E-state index in [0.29, 0.717) is 17.5 Å². The molecule has 8 aromatic rings. The van der Waals surface area contributed by atoms with Crippen LogP contribution in [0.5, 0.6) is 11.5 Å². The molecule has 1 aromatic heterocycles. The minimum atomic E-state index is 0.601. The first-order chi connectivity index (χ1) is 21.3. The van der Waals surface area contributed by atoms with Gasteiger partial charge in [-0.1, -0.05) is 115 Å². The molecule has 0 atom stereocenters. The Balaban J connectivity index is 1.27. The van der Waals surface area contributed by atoms with E-state index in [9.17, 15) is 0 Å². The van der Waals surface area contributed by atoms with Gasteiger partial charge in [0.05, 0.1) is 0 Å². The number of hydrogen-bond acceptors (Lipinski definition) is 4. The molecule has 0 amide bonds. The molecule has 0 saturated carbocycles. The van der Waals surface area contributed by atoms with Crippen LogP contribution in [0.1, 0.15) is 0 Å². The van der Waals surface area contributed by atoms with E-state index in [-0.39, 0.29) is 0 Å². The Morgan fingerprint density at radius 3 is 1.91 bits per heavy atom. The first-order valence-electron chi connectivity index (χ1n) is 14.4. The van der Waals surface area contributed by atoms with Crippen molar-refractivity contribution in [2.75, 3.05) is 0 Å². The van der Waals surface area contributed by atoms with Crippen LogP contribution in [0, 0.1) is 0 Å². The SMILES string of the molecule is c1ccc(-c2nc(-c3ccc4c(c3)Oc3cccc5cccc-4c35)nc(-c3cc4ccccc4c4ccccc34)n2)cc1. The normalized spacial score (nSPS) is 11.9. The lowest BCUT2D eigenvalue weighted by Crippen LogP contribution is -2.02. The Bertz CT molecular complexity index is 2380. The molecule has 2 heterocycles. The number of hydrogen-bond donors (Lipinski definition) is 0. The average molecular weight is 550 g/mol. The van der Waals surface area contributed by atoms with Gasteiger partial charge in [0.25, 0.3) is 0 Å². The Labute approximate surface area is 247 Å². The Morgan fingerprint density at radius 1 is 0.372 bits per heavy atom. The number of fused-ring (bicyclic) bond motifs is 5. The van der Waals surface area contributed by atoms with Crippen LogP contribution in [-0.4, -0.2) is 15.0 Å². The minimum Gasteiger partial charge on any atom is -0.456 e. The summed E-state index contributed by atoms with van der Waals surface area (Å²) < 4.78 is 6.48. The maximum absolute atomic E-state index is 6.48. The molecule has 0 aliphatic carbocycles. The van der Waals surface area contributed by atoms with Crippen LogP contribution in [0.15, 0.2) is 140 Å². The smallest absolute Gasteiger partial charge is 0.164 e. The van der Waals surface area contributed by atoms with Crippen molar-refractivity contribution in [2.45, 2.75) is 0 Å². The lowest BCUT2D eigenvalue weighted by Gasteiger charge is -2.21. The van der Waals surface area contributed by atoms with Crippen LogP contribution >= 0.6 is 0 Å². The fourth-order valence-electron chi connectivity index (χ4n) is 6.28. The summed E-state index contributed by atoms with van der Waals surface area (Å²) in [7, 11) is 0. The van der Waals surface area contributed by atoms with Gasteiger partial charge in [0, 0.05) is 27.6 Å². The van der Waals surface area contributed by atoms with E-state index in [1.54, 1.807) is 0 Å². The molecule has 200 valence electrons. The van der Waals surface area contributed by atoms with Crippen molar-refractivity contribution >= 4 is 32.3 Å². The lowest BCUT2D eigenvalue weighted by molar-refractivity contribution is 0.487. The third-order valence-electron chi connectivity index (χ3n) is 8.29. The second-order valence-electron chi connectivity index (χ2n) is 10.8. The van der Waals surface area contributed by atoms with Crippen LogP contribution in [0.2, 0.25) is 0 Å². The molecular weight excluding hydrogens is 526 g/mol. The van der Waals surface area contributed by atoms with Gasteiger partial charge in [0.2, 0.25) is 0 Å². The Kier molecular flexibility index (Phi) is 5.16. The Hall–Kier alpha value is -5.87. The second-order valence-corrected chi connectivity index (χ2v) is 10.8. The quantitative estimate of drug-likeness (QED) is 0.206. The van der Waals surface area contributed by atoms with Crippen molar-refractivity contribution in [1.29, 1.82) is 0 Å². The van der Waals surface area contributed by atoms with Crippen molar-refractivity contribution in [1.82, 2.24) is 15.0 Å². The molecule has 0 fully saturated rings. The van der Waals surface area contributed by atoms with E-state index in [4.69, 9.17) is 19.7 Å². The van der Waals surface area contributed by atoms with Gasteiger partial charge in [-0.3, -0.25) is 0 Å². The van der Waals surface area contributed by atoms with Gasteiger partial charge < -0.3 is 4.74 Å². The molecule has 0 unspecified atom stereocenters. The monoisotopic (exact) mass is 549 g/mol. The van der Waals surface area contributed by atoms with Gasteiger partial charge in [-0.05, 0) is 56.8 Å². The van der Waals surface area contributed by atoms with Crippen molar-refractivity contribution in [3.8, 4) is 56.8 Å². The highest BCUT2D eigenvalue weighted by Crippen LogP contribution is 2.47. The molecule has 0 radical (unpaired) electrons. The molecule has 1 aliphatic heterocycles. The summed E-state index contributed by atoms with van der Waals surface area (Å²) in [6, 6.07) is 48.0. The minimum absolute atomic E-state index is 0.601. The molecule has 7 aromatic carbocycles. The lowest BCUT2D eigenvalue weighted by atomic mass is 9.94.